The van der Waals surface area contributed by atoms with Crippen molar-refractivity contribution in [1.29, 1.82) is 0 Å². The van der Waals surface area contributed by atoms with Crippen molar-refractivity contribution in [2.24, 2.45) is 0 Å². The Balaban J connectivity index is 1.56. The lowest BCUT2D eigenvalue weighted by atomic mass is 10.2. The number of ether oxygens (including phenoxy) is 1. The summed E-state index contributed by atoms with van der Waals surface area (Å²) in [5.41, 5.74) is 2.89. The lowest BCUT2D eigenvalue weighted by Gasteiger charge is -2.18. The summed E-state index contributed by atoms with van der Waals surface area (Å²) in [4.78, 5) is 13.9. The van der Waals surface area contributed by atoms with Gasteiger partial charge in [-0.15, -0.1) is 11.8 Å². The van der Waals surface area contributed by atoms with Gasteiger partial charge in [-0.25, -0.2) is 0 Å². The highest BCUT2D eigenvalue weighted by atomic mass is 35.5. The Bertz CT molecular complexity index is 945. The van der Waals surface area contributed by atoms with Crippen molar-refractivity contribution in [2.45, 2.75) is 37.0 Å². The molecule has 3 aromatic rings. The zero-order valence-corrected chi connectivity index (χ0v) is 18.1. The number of anilines is 1. The van der Waals surface area contributed by atoms with E-state index in [0.717, 1.165) is 17.0 Å². The normalized spacial score (nSPS) is 11.7. The minimum Gasteiger partial charge on any atom is -0.481 e. The molecule has 1 N–H and O–H groups in total. The lowest BCUT2D eigenvalue weighted by Crippen LogP contribution is -2.32. The number of aryl methyl sites for hydroxylation is 1. The molecule has 0 aliphatic heterocycles. The Morgan fingerprint density at radius 2 is 1.79 bits per heavy atom. The molecule has 0 saturated heterocycles. The molecule has 0 radical (unpaired) electrons. The Kier molecular flexibility index (Phi) is 7.62. The molecule has 150 valence electrons. The van der Waals surface area contributed by atoms with Gasteiger partial charge in [0.2, 0.25) is 0 Å². The Morgan fingerprint density at radius 3 is 2.45 bits per heavy atom. The maximum absolute atomic E-state index is 12.6. The third-order valence-electron chi connectivity index (χ3n) is 4.44. The number of hydrogen-bond donors (Lipinski definition) is 1. The number of amides is 1. The molecule has 0 aromatic heterocycles. The van der Waals surface area contributed by atoms with Crippen LogP contribution in [0.15, 0.2) is 77.7 Å². The first-order valence-corrected chi connectivity index (χ1v) is 10.9. The standard InChI is InChI=1S/C24H24ClNO2S/c1-3-23(28-20-13-14-22(25)17(2)15-20)24(27)26-19-11-9-18(10-12-19)16-29-21-7-5-4-6-8-21/h4-15,23H,3,16H2,1-2H3,(H,26,27)/t23-/m1/s1. The third-order valence-corrected chi connectivity index (χ3v) is 5.95. The number of thioether (sulfide) groups is 1. The lowest BCUT2D eigenvalue weighted by molar-refractivity contribution is -0.122. The number of rotatable bonds is 8. The number of carbonyl (C=O) groups is 1. The van der Waals surface area contributed by atoms with Gasteiger partial charge in [-0.3, -0.25) is 4.79 Å². The van der Waals surface area contributed by atoms with Gasteiger partial charge in [-0.1, -0.05) is 48.9 Å². The first-order valence-electron chi connectivity index (χ1n) is 9.55. The summed E-state index contributed by atoms with van der Waals surface area (Å²) in [7, 11) is 0. The molecule has 0 heterocycles. The van der Waals surface area contributed by atoms with Gasteiger partial charge in [-0.05, 0) is 66.9 Å². The van der Waals surface area contributed by atoms with Crippen molar-refractivity contribution in [2.75, 3.05) is 5.32 Å². The van der Waals surface area contributed by atoms with Gasteiger partial charge < -0.3 is 10.1 Å². The van der Waals surface area contributed by atoms with E-state index in [0.29, 0.717) is 17.2 Å². The Hall–Kier alpha value is -2.43. The van der Waals surface area contributed by atoms with Gasteiger partial charge in [0.25, 0.3) is 5.91 Å². The van der Waals surface area contributed by atoms with E-state index in [1.165, 1.54) is 10.5 Å². The van der Waals surface area contributed by atoms with Crippen LogP contribution in [0.2, 0.25) is 5.02 Å². The second kappa shape index (κ2) is 10.4. The van der Waals surface area contributed by atoms with Gasteiger partial charge in [0.05, 0.1) is 0 Å². The molecular formula is C24H24ClNO2S. The largest absolute Gasteiger partial charge is 0.481 e. The smallest absolute Gasteiger partial charge is 0.265 e. The van der Waals surface area contributed by atoms with Crippen LogP contribution in [0.4, 0.5) is 5.69 Å². The molecule has 0 aliphatic carbocycles. The molecule has 0 aliphatic rings. The van der Waals surface area contributed by atoms with Crippen LogP contribution >= 0.6 is 23.4 Å². The van der Waals surface area contributed by atoms with E-state index in [1.54, 1.807) is 23.9 Å². The van der Waals surface area contributed by atoms with Gasteiger partial charge in [0.15, 0.2) is 6.10 Å². The van der Waals surface area contributed by atoms with E-state index in [4.69, 9.17) is 16.3 Å². The molecule has 0 saturated carbocycles. The molecule has 3 rings (SSSR count). The van der Waals surface area contributed by atoms with E-state index >= 15 is 0 Å². The SMILES string of the molecule is CC[C@@H](Oc1ccc(Cl)c(C)c1)C(=O)Nc1ccc(CSc2ccccc2)cc1. The highest BCUT2D eigenvalue weighted by molar-refractivity contribution is 7.98. The second-order valence-electron chi connectivity index (χ2n) is 6.71. The van der Waals surface area contributed by atoms with Crippen LogP contribution in [-0.4, -0.2) is 12.0 Å². The number of nitrogens with one attached hydrogen (secondary N) is 1. The van der Waals surface area contributed by atoms with Gasteiger partial charge in [0, 0.05) is 21.4 Å². The topological polar surface area (TPSA) is 38.3 Å². The zero-order chi connectivity index (χ0) is 20.6. The molecule has 0 bridgehead atoms. The van der Waals surface area contributed by atoms with E-state index in [1.807, 2.05) is 62.4 Å². The fourth-order valence-electron chi connectivity index (χ4n) is 2.77. The summed E-state index contributed by atoms with van der Waals surface area (Å²) in [6, 6.07) is 23.6. The molecular weight excluding hydrogens is 402 g/mol. The minimum atomic E-state index is -0.566. The van der Waals surface area contributed by atoms with Crippen molar-refractivity contribution in [3.8, 4) is 5.75 Å². The number of carbonyl (C=O) groups excluding carboxylic acids is 1. The predicted molar refractivity (Wildman–Crippen MR) is 122 cm³/mol. The van der Waals surface area contributed by atoms with Crippen LogP contribution < -0.4 is 10.1 Å². The summed E-state index contributed by atoms with van der Waals surface area (Å²) < 4.78 is 5.87. The van der Waals surface area contributed by atoms with E-state index in [-0.39, 0.29) is 5.91 Å². The fraction of sp³-hybridized carbons (Fsp3) is 0.208. The van der Waals surface area contributed by atoms with Crippen LogP contribution in [0.1, 0.15) is 24.5 Å². The van der Waals surface area contributed by atoms with Crippen molar-refractivity contribution in [3.05, 3.63) is 88.9 Å². The minimum absolute atomic E-state index is 0.161. The van der Waals surface area contributed by atoms with Crippen molar-refractivity contribution < 1.29 is 9.53 Å². The summed E-state index contributed by atoms with van der Waals surface area (Å²) >= 11 is 7.84. The third kappa shape index (κ3) is 6.28. The molecule has 29 heavy (non-hydrogen) atoms. The van der Waals surface area contributed by atoms with Crippen LogP contribution in [-0.2, 0) is 10.5 Å². The quantitative estimate of drug-likeness (QED) is 0.406. The van der Waals surface area contributed by atoms with Crippen LogP contribution in [0.3, 0.4) is 0 Å². The highest BCUT2D eigenvalue weighted by Crippen LogP contribution is 2.24. The average Bonchev–Trinajstić information content (AvgIpc) is 2.74. The second-order valence-corrected chi connectivity index (χ2v) is 8.17. The van der Waals surface area contributed by atoms with Crippen molar-refractivity contribution in [3.63, 3.8) is 0 Å². The summed E-state index contributed by atoms with van der Waals surface area (Å²) in [5, 5.41) is 3.62. The Labute approximate surface area is 181 Å². The highest BCUT2D eigenvalue weighted by Gasteiger charge is 2.19. The molecule has 0 spiro atoms. The molecule has 5 heteroatoms. The maximum atomic E-state index is 12.6. The van der Waals surface area contributed by atoms with Gasteiger partial charge in [0.1, 0.15) is 5.75 Å². The van der Waals surface area contributed by atoms with Crippen LogP contribution in [0.25, 0.3) is 0 Å². The van der Waals surface area contributed by atoms with Crippen LogP contribution in [0, 0.1) is 6.92 Å². The van der Waals surface area contributed by atoms with Gasteiger partial charge in [-0.2, -0.15) is 0 Å². The molecule has 3 aromatic carbocycles. The maximum Gasteiger partial charge on any atom is 0.265 e. The average molecular weight is 426 g/mol. The first-order chi connectivity index (χ1) is 14.0. The molecule has 0 fully saturated rings. The summed E-state index contributed by atoms with van der Waals surface area (Å²) in [5.74, 6) is 1.36. The fourth-order valence-corrected chi connectivity index (χ4v) is 3.76. The van der Waals surface area contributed by atoms with Crippen molar-refractivity contribution in [1.82, 2.24) is 0 Å². The zero-order valence-electron chi connectivity index (χ0n) is 16.5. The number of hydrogen-bond acceptors (Lipinski definition) is 3. The monoisotopic (exact) mass is 425 g/mol. The van der Waals surface area contributed by atoms with E-state index < -0.39 is 6.10 Å². The summed E-state index contributed by atoms with van der Waals surface area (Å²) in [6.07, 6.45) is 0.00291. The van der Waals surface area contributed by atoms with E-state index in [9.17, 15) is 4.79 Å². The number of benzene rings is 3. The summed E-state index contributed by atoms with van der Waals surface area (Å²) in [6.45, 7) is 3.84. The number of halogens is 1. The van der Waals surface area contributed by atoms with Gasteiger partial charge >= 0.3 is 0 Å². The molecule has 0 unspecified atom stereocenters. The van der Waals surface area contributed by atoms with Crippen molar-refractivity contribution >= 4 is 35.0 Å². The molecule has 1 amide bonds. The first kappa shape index (κ1) is 21.3. The predicted octanol–water partition coefficient (Wildman–Crippen LogP) is 6.74. The molecule has 3 nitrogen and oxygen atoms in total. The van der Waals surface area contributed by atoms with Crippen LogP contribution in [0.5, 0.6) is 5.75 Å². The Morgan fingerprint density at radius 1 is 1.07 bits per heavy atom. The molecule has 1 atom stereocenters. The van der Waals surface area contributed by atoms with E-state index in [2.05, 4.69) is 17.4 Å².